The van der Waals surface area contributed by atoms with Gasteiger partial charge in [-0.3, -0.25) is 4.90 Å². The molecule has 0 aliphatic carbocycles. The topological polar surface area (TPSA) is 52.4 Å². The van der Waals surface area contributed by atoms with Crippen LogP contribution >= 0.6 is 0 Å². The molecule has 2 rings (SSSR count). The molecule has 0 bridgehead atoms. The largest absolute Gasteiger partial charge is 0.411 e. The molecular weight excluding hydrogens is 289 g/mol. The minimum atomic E-state index is -4.29. The standard InChI is InChI=1S/C12H19F3N4O2/c1-18-8-16-17-11(18)10-5-9(20-2)6-19(10)3-4-21-7-12(13,14)15/h8-10H,3-7H2,1-2H3/t9-,10+/m1/s1. The van der Waals surface area contributed by atoms with Gasteiger partial charge in [-0.25, -0.2) is 0 Å². The summed E-state index contributed by atoms with van der Waals surface area (Å²) < 4.78 is 48.0. The van der Waals surface area contributed by atoms with Gasteiger partial charge < -0.3 is 14.0 Å². The van der Waals surface area contributed by atoms with Crippen molar-refractivity contribution in [3.05, 3.63) is 12.2 Å². The van der Waals surface area contributed by atoms with E-state index in [0.29, 0.717) is 13.1 Å². The van der Waals surface area contributed by atoms with E-state index in [0.717, 1.165) is 12.2 Å². The van der Waals surface area contributed by atoms with Crippen molar-refractivity contribution in [1.29, 1.82) is 0 Å². The van der Waals surface area contributed by atoms with Crippen LogP contribution in [0.4, 0.5) is 13.2 Å². The zero-order valence-corrected chi connectivity index (χ0v) is 12.0. The van der Waals surface area contributed by atoms with Gasteiger partial charge in [0.1, 0.15) is 18.8 Å². The fourth-order valence-electron chi connectivity index (χ4n) is 2.51. The zero-order valence-electron chi connectivity index (χ0n) is 12.0. The Labute approximate surface area is 120 Å². The van der Waals surface area contributed by atoms with Gasteiger partial charge in [-0.15, -0.1) is 10.2 Å². The first-order valence-electron chi connectivity index (χ1n) is 6.66. The average Bonchev–Trinajstić information content (AvgIpc) is 2.99. The van der Waals surface area contributed by atoms with E-state index in [4.69, 9.17) is 4.74 Å². The molecular formula is C12H19F3N4O2. The molecule has 2 heterocycles. The summed E-state index contributed by atoms with van der Waals surface area (Å²) in [6, 6.07) is -0.0167. The molecule has 120 valence electrons. The van der Waals surface area contributed by atoms with Gasteiger partial charge in [0.15, 0.2) is 0 Å². The summed E-state index contributed by atoms with van der Waals surface area (Å²) in [6.07, 6.45) is -1.91. The van der Waals surface area contributed by atoms with Crippen LogP contribution in [0.3, 0.4) is 0 Å². The first-order chi connectivity index (χ1) is 9.90. The van der Waals surface area contributed by atoms with Crippen LogP contribution < -0.4 is 0 Å². The Morgan fingerprint density at radius 2 is 2.19 bits per heavy atom. The maximum atomic E-state index is 12.0. The van der Waals surface area contributed by atoms with Crippen LogP contribution in [0.15, 0.2) is 6.33 Å². The molecule has 0 saturated carbocycles. The van der Waals surface area contributed by atoms with E-state index in [1.165, 1.54) is 0 Å². The van der Waals surface area contributed by atoms with E-state index >= 15 is 0 Å². The van der Waals surface area contributed by atoms with Gasteiger partial charge in [0.25, 0.3) is 0 Å². The van der Waals surface area contributed by atoms with Crippen molar-refractivity contribution >= 4 is 0 Å². The SMILES string of the molecule is CO[C@@H]1C[C@@H](c2nncn2C)N(CCOCC(F)(F)F)C1. The first-order valence-corrected chi connectivity index (χ1v) is 6.66. The van der Waals surface area contributed by atoms with E-state index < -0.39 is 12.8 Å². The molecule has 6 nitrogen and oxygen atoms in total. The summed E-state index contributed by atoms with van der Waals surface area (Å²) in [6.45, 7) is -0.162. The smallest absolute Gasteiger partial charge is 0.380 e. The molecule has 0 N–H and O–H groups in total. The number of alkyl halides is 3. The molecule has 0 amide bonds. The monoisotopic (exact) mass is 308 g/mol. The van der Waals surface area contributed by atoms with Crippen molar-refractivity contribution in [3.63, 3.8) is 0 Å². The lowest BCUT2D eigenvalue weighted by atomic mass is 10.2. The molecule has 21 heavy (non-hydrogen) atoms. The number of rotatable bonds is 6. The van der Waals surface area contributed by atoms with Crippen LogP contribution in [0.5, 0.6) is 0 Å². The van der Waals surface area contributed by atoms with Gasteiger partial charge in [0.2, 0.25) is 0 Å². The average molecular weight is 308 g/mol. The summed E-state index contributed by atoms with van der Waals surface area (Å²) in [7, 11) is 3.47. The Kier molecular flexibility index (Phi) is 5.17. The van der Waals surface area contributed by atoms with Crippen LogP contribution in [-0.2, 0) is 16.5 Å². The van der Waals surface area contributed by atoms with Crippen molar-refractivity contribution < 1.29 is 22.6 Å². The van der Waals surface area contributed by atoms with E-state index in [9.17, 15) is 13.2 Å². The Morgan fingerprint density at radius 1 is 1.43 bits per heavy atom. The van der Waals surface area contributed by atoms with Gasteiger partial charge >= 0.3 is 6.18 Å². The number of hydrogen-bond acceptors (Lipinski definition) is 5. The number of ether oxygens (including phenoxy) is 2. The fraction of sp³-hybridized carbons (Fsp3) is 0.833. The van der Waals surface area contributed by atoms with Crippen LogP contribution in [0, 0.1) is 0 Å². The molecule has 0 spiro atoms. The number of nitrogens with zero attached hydrogens (tertiary/aromatic N) is 4. The lowest BCUT2D eigenvalue weighted by Crippen LogP contribution is -2.31. The maximum absolute atomic E-state index is 12.0. The van der Waals surface area contributed by atoms with Crippen LogP contribution in [0.25, 0.3) is 0 Å². The second-order valence-corrected chi connectivity index (χ2v) is 5.07. The minimum absolute atomic E-state index is 0.0167. The second kappa shape index (κ2) is 6.71. The summed E-state index contributed by atoms with van der Waals surface area (Å²) in [5.74, 6) is 0.783. The predicted octanol–water partition coefficient (Wildman–Crippen LogP) is 1.16. The lowest BCUT2D eigenvalue weighted by molar-refractivity contribution is -0.174. The zero-order chi connectivity index (χ0) is 15.5. The molecule has 0 unspecified atom stereocenters. The van der Waals surface area contributed by atoms with E-state index in [1.807, 2.05) is 16.5 Å². The Hall–Kier alpha value is -1.19. The molecule has 1 saturated heterocycles. The van der Waals surface area contributed by atoms with Crippen molar-refractivity contribution in [3.8, 4) is 0 Å². The number of methoxy groups -OCH3 is 1. The third-order valence-corrected chi connectivity index (χ3v) is 3.53. The Bertz CT molecular complexity index is 452. The summed E-state index contributed by atoms with van der Waals surface area (Å²) in [5.41, 5.74) is 0. The molecule has 1 fully saturated rings. The van der Waals surface area contributed by atoms with Crippen LogP contribution in [0.2, 0.25) is 0 Å². The number of likely N-dealkylation sites (tertiary alicyclic amines) is 1. The van der Waals surface area contributed by atoms with E-state index in [2.05, 4.69) is 14.9 Å². The normalized spacial score (nSPS) is 23.9. The molecule has 1 aliphatic rings. The summed E-state index contributed by atoms with van der Waals surface area (Å²) >= 11 is 0. The maximum Gasteiger partial charge on any atom is 0.411 e. The van der Waals surface area contributed by atoms with E-state index in [1.54, 1.807) is 13.4 Å². The quantitative estimate of drug-likeness (QED) is 0.738. The number of aromatic nitrogens is 3. The van der Waals surface area contributed by atoms with E-state index in [-0.39, 0.29) is 18.8 Å². The highest BCUT2D eigenvalue weighted by atomic mass is 19.4. The molecule has 0 aromatic carbocycles. The number of hydrogen-bond donors (Lipinski definition) is 0. The predicted molar refractivity (Wildman–Crippen MR) is 67.6 cm³/mol. The third kappa shape index (κ3) is 4.39. The Morgan fingerprint density at radius 3 is 2.76 bits per heavy atom. The molecule has 0 radical (unpaired) electrons. The fourth-order valence-corrected chi connectivity index (χ4v) is 2.51. The van der Waals surface area contributed by atoms with Gasteiger partial charge in [-0.2, -0.15) is 13.2 Å². The van der Waals surface area contributed by atoms with Crippen molar-refractivity contribution in [1.82, 2.24) is 19.7 Å². The first kappa shape index (κ1) is 16.2. The molecule has 1 aromatic rings. The van der Waals surface area contributed by atoms with Crippen LogP contribution in [0.1, 0.15) is 18.3 Å². The van der Waals surface area contributed by atoms with Gasteiger partial charge in [-0.05, 0) is 6.42 Å². The molecule has 1 aromatic heterocycles. The third-order valence-electron chi connectivity index (χ3n) is 3.53. The van der Waals surface area contributed by atoms with Gasteiger partial charge in [-0.1, -0.05) is 0 Å². The molecule has 1 aliphatic heterocycles. The van der Waals surface area contributed by atoms with Crippen molar-refractivity contribution in [2.24, 2.45) is 7.05 Å². The molecule has 9 heteroatoms. The Balaban J connectivity index is 1.91. The minimum Gasteiger partial charge on any atom is -0.380 e. The highest BCUT2D eigenvalue weighted by molar-refractivity contribution is 5.01. The lowest BCUT2D eigenvalue weighted by Gasteiger charge is -2.23. The summed E-state index contributed by atoms with van der Waals surface area (Å²) in [5, 5.41) is 7.93. The second-order valence-electron chi connectivity index (χ2n) is 5.07. The van der Waals surface area contributed by atoms with Crippen molar-refractivity contribution in [2.45, 2.75) is 24.7 Å². The highest BCUT2D eigenvalue weighted by Crippen LogP contribution is 2.31. The number of halogens is 3. The van der Waals surface area contributed by atoms with Gasteiger partial charge in [0.05, 0.1) is 18.8 Å². The summed E-state index contributed by atoms with van der Waals surface area (Å²) in [4.78, 5) is 2.02. The van der Waals surface area contributed by atoms with Gasteiger partial charge in [0, 0.05) is 27.2 Å². The highest BCUT2D eigenvalue weighted by Gasteiger charge is 2.35. The van der Waals surface area contributed by atoms with Crippen LogP contribution in [-0.4, -0.2) is 65.4 Å². The van der Waals surface area contributed by atoms with Crippen molar-refractivity contribution in [2.75, 3.05) is 33.4 Å². The number of aryl methyl sites for hydroxylation is 1. The molecule has 2 atom stereocenters.